The van der Waals surface area contributed by atoms with E-state index >= 15 is 0 Å². The Bertz CT molecular complexity index is 197. The van der Waals surface area contributed by atoms with Gasteiger partial charge in [0.15, 0.2) is 0 Å². The van der Waals surface area contributed by atoms with Crippen LogP contribution in [0.1, 0.15) is 6.42 Å². The van der Waals surface area contributed by atoms with E-state index in [1.807, 2.05) is 5.32 Å². The summed E-state index contributed by atoms with van der Waals surface area (Å²) in [6.45, 7) is -0.591. The molecule has 12 heavy (non-hydrogen) atoms. The number of nitrogens with one attached hydrogen (secondary N) is 1. The van der Waals surface area contributed by atoms with Gasteiger partial charge in [-0.1, -0.05) is 0 Å². The second-order valence-corrected chi connectivity index (χ2v) is 2.81. The third kappa shape index (κ3) is 1.82. The zero-order chi connectivity index (χ0) is 9.35. The van der Waals surface area contributed by atoms with E-state index in [2.05, 4.69) is 0 Å². The molecule has 0 aliphatic heterocycles. The van der Waals surface area contributed by atoms with Crippen molar-refractivity contribution in [1.29, 1.82) is 0 Å². The summed E-state index contributed by atoms with van der Waals surface area (Å²) < 4.78 is 24.7. The molecule has 70 valence electrons. The molecule has 2 unspecified atom stereocenters. The summed E-state index contributed by atoms with van der Waals surface area (Å²) >= 11 is 0. The number of aliphatic hydroxyl groups excluding tert-OH is 1. The van der Waals surface area contributed by atoms with Crippen molar-refractivity contribution in [1.82, 2.24) is 5.32 Å². The van der Waals surface area contributed by atoms with E-state index in [0.717, 1.165) is 0 Å². The van der Waals surface area contributed by atoms with E-state index in [4.69, 9.17) is 10.2 Å². The molecule has 0 radical (unpaired) electrons. The molecule has 1 saturated carbocycles. The molecule has 4 nitrogen and oxygen atoms in total. The van der Waals surface area contributed by atoms with Gasteiger partial charge in [0.05, 0.1) is 18.6 Å². The molecule has 0 aromatic heterocycles. The number of rotatable bonds is 3. The topological polar surface area (TPSA) is 69.6 Å². The Morgan fingerprint density at radius 1 is 1.75 bits per heavy atom. The Morgan fingerprint density at radius 3 is 2.50 bits per heavy atom. The second-order valence-electron chi connectivity index (χ2n) is 2.81. The van der Waals surface area contributed by atoms with Crippen molar-refractivity contribution < 1.29 is 23.8 Å². The second kappa shape index (κ2) is 2.85. The van der Waals surface area contributed by atoms with Gasteiger partial charge in [-0.15, -0.1) is 0 Å². The van der Waals surface area contributed by atoms with Gasteiger partial charge in [0, 0.05) is 6.42 Å². The molecule has 1 amide bonds. The summed E-state index contributed by atoms with van der Waals surface area (Å²) in [6, 6.07) is -1.04. The van der Waals surface area contributed by atoms with Crippen LogP contribution >= 0.6 is 0 Å². The number of amides is 1. The molecule has 2 atom stereocenters. The van der Waals surface area contributed by atoms with Crippen molar-refractivity contribution in [3.63, 3.8) is 0 Å². The summed E-state index contributed by atoms with van der Waals surface area (Å²) in [6.07, 6.45) is -1.74. The third-order valence-corrected chi connectivity index (χ3v) is 1.87. The summed E-state index contributed by atoms with van der Waals surface area (Å²) in [5.74, 6) is -3.85. The van der Waals surface area contributed by atoms with Crippen molar-refractivity contribution in [2.45, 2.75) is 18.4 Å². The van der Waals surface area contributed by atoms with Gasteiger partial charge in [0.1, 0.15) is 0 Å². The van der Waals surface area contributed by atoms with Gasteiger partial charge in [-0.05, 0) is 0 Å². The fourth-order valence-corrected chi connectivity index (χ4v) is 1.10. The summed E-state index contributed by atoms with van der Waals surface area (Å²) in [5.41, 5.74) is 0. The quantitative estimate of drug-likeness (QED) is 0.585. The summed E-state index contributed by atoms with van der Waals surface area (Å²) in [5, 5.41) is 18.6. The van der Waals surface area contributed by atoms with Crippen molar-refractivity contribution >= 4 is 6.09 Å². The molecule has 6 heteroatoms. The van der Waals surface area contributed by atoms with Crippen molar-refractivity contribution in [2.75, 3.05) is 6.61 Å². The monoisotopic (exact) mass is 181 g/mol. The molecule has 0 bridgehead atoms. The number of halogens is 2. The van der Waals surface area contributed by atoms with Crippen LogP contribution in [-0.2, 0) is 0 Å². The maximum Gasteiger partial charge on any atom is 0.404 e. The van der Waals surface area contributed by atoms with Crippen molar-refractivity contribution in [3.05, 3.63) is 0 Å². The average molecular weight is 181 g/mol. The highest BCUT2D eigenvalue weighted by atomic mass is 19.3. The number of alkyl halides is 2. The highest BCUT2D eigenvalue weighted by Crippen LogP contribution is 2.50. The number of hydrogen-bond acceptors (Lipinski definition) is 2. The molecule has 1 fully saturated rings. The lowest BCUT2D eigenvalue weighted by Crippen LogP contribution is -2.39. The minimum atomic E-state index is -2.81. The maximum atomic E-state index is 12.3. The van der Waals surface area contributed by atoms with Gasteiger partial charge in [0.2, 0.25) is 0 Å². The van der Waals surface area contributed by atoms with Gasteiger partial charge in [-0.25, -0.2) is 13.6 Å². The van der Waals surface area contributed by atoms with Gasteiger partial charge >= 0.3 is 6.09 Å². The lowest BCUT2D eigenvalue weighted by atomic mass is 10.2. The smallest absolute Gasteiger partial charge is 0.404 e. The number of aliphatic hydroxyl groups is 1. The molecule has 1 aliphatic rings. The molecule has 0 saturated heterocycles. The zero-order valence-electron chi connectivity index (χ0n) is 6.13. The SMILES string of the molecule is O=C(O)NC(CO)C1CC1(F)F. The zero-order valence-corrected chi connectivity index (χ0v) is 6.13. The van der Waals surface area contributed by atoms with Gasteiger partial charge < -0.3 is 15.5 Å². The fourth-order valence-electron chi connectivity index (χ4n) is 1.10. The standard InChI is InChI=1S/C6H9F2NO3/c7-6(8)1-3(6)4(2-10)9-5(11)12/h3-4,9-10H,1-2H2,(H,11,12). The Labute approximate surface area is 67.2 Å². The minimum absolute atomic E-state index is 0.349. The third-order valence-electron chi connectivity index (χ3n) is 1.87. The van der Waals surface area contributed by atoms with Gasteiger partial charge in [-0.2, -0.15) is 0 Å². The Morgan fingerprint density at radius 2 is 2.25 bits per heavy atom. The first-order valence-electron chi connectivity index (χ1n) is 3.45. The van der Waals surface area contributed by atoms with Crippen LogP contribution in [0.3, 0.4) is 0 Å². The van der Waals surface area contributed by atoms with E-state index in [0.29, 0.717) is 0 Å². The molecule has 1 rings (SSSR count). The lowest BCUT2D eigenvalue weighted by molar-refractivity contribution is 0.0797. The van der Waals surface area contributed by atoms with Crippen LogP contribution < -0.4 is 5.32 Å². The normalized spacial score (nSPS) is 27.8. The van der Waals surface area contributed by atoms with E-state index < -0.39 is 30.6 Å². The number of hydrogen-bond donors (Lipinski definition) is 3. The van der Waals surface area contributed by atoms with Crippen LogP contribution in [0.2, 0.25) is 0 Å². The first-order valence-corrected chi connectivity index (χ1v) is 3.45. The molecule has 0 aromatic carbocycles. The number of carbonyl (C=O) groups is 1. The summed E-state index contributed by atoms with van der Waals surface area (Å²) in [7, 11) is 0. The van der Waals surface area contributed by atoms with Crippen molar-refractivity contribution in [3.8, 4) is 0 Å². The van der Waals surface area contributed by atoms with Gasteiger partial charge in [-0.3, -0.25) is 0 Å². The molecule has 3 N–H and O–H groups in total. The maximum absolute atomic E-state index is 12.3. The number of carboxylic acid groups (broad SMARTS) is 1. The lowest BCUT2D eigenvalue weighted by Gasteiger charge is -2.12. The Balaban J connectivity index is 2.43. The van der Waals surface area contributed by atoms with Crippen LogP contribution in [0.5, 0.6) is 0 Å². The van der Waals surface area contributed by atoms with Gasteiger partial charge in [0.25, 0.3) is 5.92 Å². The van der Waals surface area contributed by atoms with Crippen LogP contribution in [0, 0.1) is 5.92 Å². The highest BCUT2D eigenvalue weighted by Gasteiger charge is 2.60. The fraction of sp³-hybridized carbons (Fsp3) is 0.833. The predicted molar refractivity (Wildman–Crippen MR) is 35.1 cm³/mol. The van der Waals surface area contributed by atoms with E-state index in [9.17, 15) is 13.6 Å². The average Bonchev–Trinajstić information content (AvgIpc) is 2.54. The highest BCUT2D eigenvalue weighted by molar-refractivity contribution is 5.65. The van der Waals surface area contributed by atoms with Crippen molar-refractivity contribution in [2.24, 2.45) is 5.92 Å². The molecule has 0 aromatic rings. The molecule has 0 spiro atoms. The van der Waals surface area contributed by atoms with Crippen LogP contribution in [-0.4, -0.2) is 34.9 Å². The summed E-state index contributed by atoms with van der Waals surface area (Å²) in [4.78, 5) is 10.0. The first-order chi connectivity index (χ1) is 5.47. The van der Waals surface area contributed by atoms with Crippen LogP contribution in [0.15, 0.2) is 0 Å². The van der Waals surface area contributed by atoms with E-state index in [-0.39, 0.29) is 6.42 Å². The predicted octanol–water partition coefficient (Wildman–Crippen LogP) is 0.270. The Kier molecular flexibility index (Phi) is 2.18. The molecule has 0 heterocycles. The molecule has 1 aliphatic carbocycles. The Hall–Kier alpha value is -0.910. The van der Waals surface area contributed by atoms with Crippen LogP contribution in [0.25, 0.3) is 0 Å². The molecular weight excluding hydrogens is 172 g/mol. The van der Waals surface area contributed by atoms with Crippen LogP contribution in [0.4, 0.5) is 13.6 Å². The largest absolute Gasteiger partial charge is 0.465 e. The molecular formula is C6H9F2NO3. The minimum Gasteiger partial charge on any atom is -0.465 e. The van der Waals surface area contributed by atoms with E-state index in [1.165, 1.54) is 0 Å². The van der Waals surface area contributed by atoms with E-state index in [1.54, 1.807) is 0 Å². The first kappa shape index (κ1) is 9.18.